The molecule has 1 fully saturated rings. The van der Waals surface area contributed by atoms with Crippen LogP contribution in [0.1, 0.15) is 24.2 Å². The Labute approximate surface area is 136 Å². The fraction of sp³-hybridized carbons (Fsp3) is 0.500. The number of rotatable bonds is 5. The molecule has 3 atom stereocenters. The molecule has 7 heteroatoms. The summed E-state index contributed by atoms with van der Waals surface area (Å²) >= 11 is 0. The van der Waals surface area contributed by atoms with Crippen molar-refractivity contribution in [3.63, 3.8) is 0 Å². The van der Waals surface area contributed by atoms with E-state index in [1.165, 1.54) is 17.0 Å². The Balaban J connectivity index is 2.27. The number of hydrogen-bond donors (Lipinski definition) is 0. The molecule has 1 aliphatic rings. The summed E-state index contributed by atoms with van der Waals surface area (Å²) in [6.07, 6.45) is -0.828. The van der Waals surface area contributed by atoms with Crippen molar-refractivity contribution in [2.75, 3.05) is 19.3 Å². The fourth-order valence-corrected chi connectivity index (χ4v) is 3.12. The molecule has 1 heterocycles. The highest BCUT2D eigenvalue weighted by molar-refractivity contribution is 7.86. The molecule has 1 aromatic carbocycles. The average molecular weight is 339 g/mol. The van der Waals surface area contributed by atoms with E-state index < -0.39 is 27.9 Å². The molecule has 1 saturated heterocycles. The average Bonchev–Trinajstić information content (AvgIpc) is 2.83. The molecule has 1 aromatic rings. The predicted octanol–water partition coefficient (Wildman–Crippen LogP) is 1.33. The molecular weight excluding hydrogens is 318 g/mol. The summed E-state index contributed by atoms with van der Waals surface area (Å²) in [6.45, 7) is 5.02. The lowest BCUT2D eigenvalue weighted by molar-refractivity contribution is -0.135. The molecule has 2 rings (SSSR count). The zero-order chi connectivity index (χ0) is 17.2. The van der Waals surface area contributed by atoms with Crippen LogP contribution in [0.2, 0.25) is 0 Å². The molecule has 0 aromatic heterocycles. The molecule has 6 nitrogen and oxygen atoms in total. The standard InChI is InChI=1S/C16H21NO5S/c1-11-9-17(10-12(11)2)16(19)15(22-23(3,20)21)14(18)13-7-5-4-6-8-13/h4-8,11-12,15H,9-10H2,1-3H3/t11-,12-,15?/m0/s1. The van der Waals surface area contributed by atoms with Gasteiger partial charge in [0.1, 0.15) is 0 Å². The van der Waals surface area contributed by atoms with Crippen molar-refractivity contribution in [2.24, 2.45) is 11.8 Å². The van der Waals surface area contributed by atoms with Crippen LogP contribution in [0.4, 0.5) is 0 Å². The van der Waals surface area contributed by atoms with Gasteiger partial charge in [-0.25, -0.2) is 4.18 Å². The number of likely N-dealkylation sites (tertiary alicyclic amines) is 1. The Morgan fingerprint density at radius 3 is 2.13 bits per heavy atom. The van der Waals surface area contributed by atoms with Crippen molar-refractivity contribution in [3.8, 4) is 0 Å². The Bertz CT molecular complexity index is 676. The Morgan fingerprint density at radius 2 is 1.65 bits per heavy atom. The third-order valence-corrected chi connectivity index (χ3v) is 4.63. The fourth-order valence-electron chi connectivity index (χ4n) is 2.60. The van der Waals surface area contributed by atoms with Crippen LogP contribution in [-0.4, -0.2) is 50.5 Å². The quantitative estimate of drug-likeness (QED) is 0.459. The maximum Gasteiger partial charge on any atom is 0.265 e. The van der Waals surface area contributed by atoms with Crippen LogP contribution in [-0.2, 0) is 19.1 Å². The van der Waals surface area contributed by atoms with Crippen molar-refractivity contribution >= 4 is 21.8 Å². The number of carbonyl (C=O) groups excluding carboxylic acids is 2. The van der Waals surface area contributed by atoms with E-state index in [4.69, 9.17) is 4.18 Å². The second-order valence-electron chi connectivity index (χ2n) is 6.11. The molecule has 0 N–H and O–H groups in total. The molecule has 126 valence electrons. The van der Waals surface area contributed by atoms with Gasteiger partial charge in [0.2, 0.25) is 11.9 Å². The van der Waals surface area contributed by atoms with Crippen LogP contribution in [0.25, 0.3) is 0 Å². The van der Waals surface area contributed by atoms with E-state index >= 15 is 0 Å². The Morgan fingerprint density at radius 1 is 1.13 bits per heavy atom. The van der Waals surface area contributed by atoms with Crippen molar-refractivity contribution < 1.29 is 22.2 Å². The topological polar surface area (TPSA) is 80.8 Å². The minimum atomic E-state index is -3.95. The summed E-state index contributed by atoms with van der Waals surface area (Å²) < 4.78 is 27.8. The predicted molar refractivity (Wildman–Crippen MR) is 85.4 cm³/mol. The molecule has 0 spiro atoms. The van der Waals surface area contributed by atoms with E-state index in [1.807, 2.05) is 13.8 Å². The van der Waals surface area contributed by atoms with E-state index in [2.05, 4.69) is 0 Å². The maximum absolute atomic E-state index is 12.6. The molecule has 1 unspecified atom stereocenters. The summed E-state index contributed by atoms with van der Waals surface area (Å²) in [5, 5.41) is 0. The molecule has 1 amide bonds. The Hall–Kier alpha value is -1.73. The van der Waals surface area contributed by atoms with Gasteiger partial charge in [-0.1, -0.05) is 44.2 Å². The van der Waals surface area contributed by atoms with Gasteiger partial charge in [0, 0.05) is 18.7 Å². The normalized spacial score (nSPS) is 22.8. The van der Waals surface area contributed by atoms with Crippen molar-refractivity contribution in [1.29, 1.82) is 0 Å². The summed E-state index contributed by atoms with van der Waals surface area (Å²) in [7, 11) is -3.95. The minimum Gasteiger partial charge on any atom is -0.339 e. The first kappa shape index (κ1) is 17.6. The van der Waals surface area contributed by atoms with Gasteiger partial charge in [-0.15, -0.1) is 0 Å². The maximum atomic E-state index is 12.6. The molecule has 0 radical (unpaired) electrons. The van der Waals surface area contributed by atoms with E-state index in [0.29, 0.717) is 24.9 Å². The van der Waals surface area contributed by atoms with E-state index in [0.717, 1.165) is 6.26 Å². The van der Waals surface area contributed by atoms with E-state index in [1.54, 1.807) is 18.2 Å². The summed E-state index contributed by atoms with van der Waals surface area (Å²) in [6, 6.07) is 8.09. The zero-order valence-corrected chi connectivity index (χ0v) is 14.2. The van der Waals surface area contributed by atoms with Gasteiger partial charge in [-0.3, -0.25) is 9.59 Å². The first-order chi connectivity index (χ1) is 10.7. The number of ketones is 1. The second-order valence-corrected chi connectivity index (χ2v) is 7.71. The number of Topliss-reactive ketones (excluding diaryl/α,β-unsaturated/α-hetero) is 1. The van der Waals surface area contributed by atoms with E-state index in [9.17, 15) is 18.0 Å². The smallest absolute Gasteiger partial charge is 0.265 e. The van der Waals surface area contributed by atoms with Crippen molar-refractivity contribution in [2.45, 2.75) is 20.0 Å². The molecule has 0 saturated carbocycles. The van der Waals surface area contributed by atoms with Crippen LogP contribution in [0, 0.1) is 11.8 Å². The number of benzene rings is 1. The van der Waals surface area contributed by atoms with Crippen LogP contribution < -0.4 is 0 Å². The highest BCUT2D eigenvalue weighted by Gasteiger charge is 2.39. The molecule has 0 aliphatic carbocycles. The second kappa shape index (κ2) is 6.80. The lowest BCUT2D eigenvalue weighted by Crippen LogP contribution is -2.44. The number of amides is 1. The van der Waals surface area contributed by atoms with Crippen molar-refractivity contribution in [3.05, 3.63) is 35.9 Å². The number of hydrogen-bond acceptors (Lipinski definition) is 5. The van der Waals surface area contributed by atoms with Gasteiger partial charge in [0.25, 0.3) is 16.0 Å². The largest absolute Gasteiger partial charge is 0.339 e. The van der Waals surface area contributed by atoms with E-state index in [-0.39, 0.29) is 5.56 Å². The first-order valence-electron chi connectivity index (χ1n) is 7.45. The lowest BCUT2D eigenvalue weighted by atomic mass is 10.0. The van der Waals surface area contributed by atoms with Crippen molar-refractivity contribution in [1.82, 2.24) is 4.90 Å². The molecule has 23 heavy (non-hydrogen) atoms. The minimum absolute atomic E-state index is 0.245. The summed E-state index contributed by atoms with van der Waals surface area (Å²) in [4.78, 5) is 26.7. The van der Waals surface area contributed by atoms with Crippen LogP contribution in [0.15, 0.2) is 30.3 Å². The first-order valence-corrected chi connectivity index (χ1v) is 9.27. The van der Waals surface area contributed by atoms with Crippen LogP contribution in [0.5, 0.6) is 0 Å². The lowest BCUT2D eigenvalue weighted by Gasteiger charge is -2.22. The molecule has 0 bridgehead atoms. The van der Waals surface area contributed by atoms with Gasteiger partial charge < -0.3 is 4.90 Å². The van der Waals surface area contributed by atoms with Crippen LogP contribution in [0.3, 0.4) is 0 Å². The molecular formula is C16H21NO5S. The van der Waals surface area contributed by atoms with Crippen LogP contribution >= 0.6 is 0 Å². The third-order valence-electron chi connectivity index (χ3n) is 4.09. The summed E-state index contributed by atoms with van der Waals surface area (Å²) in [5.41, 5.74) is 0.245. The SMILES string of the molecule is C[C@H]1CN(C(=O)C(OS(C)(=O)=O)C(=O)c2ccccc2)C[C@@H]1C. The van der Waals surface area contributed by atoms with Gasteiger partial charge in [0.15, 0.2) is 0 Å². The van der Waals surface area contributed by atoms with Gasteiger partial charge >= 0.3 is 0 Å². The van der Waals surface area contributed by atoms with Gasteiger partial charge in [-0.05, 0) is 11.8 Å². The highest BCUT2D eigenvalue weighted by atomic mass is 32.2. The number of nitrogens with zero attached hydrogens (tertiary/aromatic N) is 1. The molecule has 1 aliphatic heterocycles. The van der Waals surface area contributed by atoms with Gasteiger partial charge in [0.05, 0.1) is 6.26 Å². The summed E-state index contributed by atoms with van der Waals surface area (Å²) in [5.74, 6) is -0.650. The monoisotopic (exact) mass is 339 g/mol. The van der Waals surface area contributed by atoms with Gasteiger partial charge in [-0.2, -0.15) is 8.42 Å². The zero-order valence-electron chi connectivity index (χ0n) is 13.4. The third kappa shape index (κ3) is 4.39. The Kier molecular flexibility index (Phi) is 5.21. The number of carbonyl (C=O) groups is 2. The highest BCUT2D eigenvalue weighted by Crippen LogP contribution is 2.24.